The summed E-state index contributed by atoms with van der Waals surface area (Å²) in [5.74, 6) is 0. The van der Waals surface area contributed by atoms with Crippen molar-refractivity contribution in [3.63, 3.8) is 0 Å². The van der Waals surface area contributed by atoms with Gasteiger partial charge in [0, 0.05) is 12.8 Å². The Labute approximate surface area is 78.7 Å². The smallest absolute Gasteiger partial charge is 0.0804 e. The fourth-order valence-corrected chi connectivity index (χ4v) is 2.02. The van der Waals surface area contributed by atoms with Crippen LogP contribution >= 0.6 is 0 Å². The number of aliphatic hydroxyl groups excluding tert-OH is 2. The van der Waals surface area contributed by atoms with Gasteiger partial charge in [-0.2, -0.15) is 0 Å². The van der Waals surface area contributed by atoms with E-state index in [1.54, 1.807) is 6.92 Å². The molecule has 0 aromatic heterocycles. The molecule has 1 aliphatic carbocycles. The highest BCUT2D eigenvalue weighted by atomic mass is 16.3. The summed E-state index contributed by atoms with van der Waals surface area (Å²) in [6.07, 6.45) is -0.790. The maximum Gasteiger partial charge on any atom is 0.0804 e. The van der Waals surface area contributed by atoms with Crippen LogP contribution in [-0.2, 0) is 0 Å². The first-order valence-electron chi connectivity index (χ1n) is 4.59. The average molecular weight is 186 g/mol. The maximum absolute atomic E-state index is 9.67. The van der Waals surface area contributed by atoms with Crippen molar-refractivity contribution in [2.75, 3.05) is 0 Å². The van der Waals surface area contributed by atoms with Crippen LogP contribution in [0.25, 0.3) is 0 Å². The van der Waals surface area contributed by atoms with Gasteiger partial charge in [0.25, 0.3) is 0 Å². The summed E-state index contributed by atoms with van der Waals surface area (Å²) in [5, 5.41) is 29.0. The lowest BCUT2D eigenvalue weighted by Crippen LogP contribution is -2.43. The monoisotopic (exact) mass is 186 g/mol. The number of allylic oxidation sites excluding steroid dienone is 1. The Morgan fingerprint density at radius 2 is 1.62 bits per heavy atom. The average Bonchev–Trinajstić information content (AvgIpc) is 1.78. The summed E-state index contributed by atoms with van der Waals surface area (Å²) in [4.78, 5) is 0. The number of hydrogen-bond acceptors (Lipinski definition) is 3. The van der Waals surface area contributed by atoms with E-state index in [1.807, 2.05) is 13.8 Å². The molecular formula is C10H18O3. The van der Waals surface area contributed by atoms with Gasteiger partial charge >= 0.3 is 0 Å². The third kappa shape index (κ3) is 2.30. The van der Waals surface area contributed by atoms with Gasteiger partial charge in [-0.1, -0.05) is 5.57 Å². The second-order valence-corrected chi connectivity index (χ2v) is 4.39. The highest BCUT2D eigenvalue weighted by Crippen LogP contribution is 2.33. The number of rotatable bonds is 0. The molecule has 0 saturated heterocycles. The van der Waals surface area contributed by atoms with Crippen molar-refractivity contribution in [1.82, 2.24) is 0 Å². The van der Waals surface area contributed by atoms with E-state index in [1.165, 1.54) is 0 Å². The van der Waals surface area contributed by atoms with Gasteiger partial charge in [-0.15, -0.1) is 0 Å². The Bertz CT molecular complexity index is 210. The SMILES string of the molecule is CC(C)=C1C(O)CC(C)(O)CC1O. The van der Waals surface area contributed by atoms with Crippen LogP contribution in [0.4, 0.5) is 0 Å². The van der Waals surface area contributed by atoms with Gasteiger partial charge in [-0.05, 0) is 26.3 Å². The predicted molar refractivity (Wildman–Crippen MR) is 50.2 cm³/mol. The van der Waals surface area contributed by atoms with Crippen molar-refractivity contribution in [3.05, 3.63) is 11.1 Å². The van der Waals surface area contributed by atoms with Crippen molar-refractivity contribution in [3.8, 4) is 0 Å². The molecule has 1 fully saturated rings. The standard InChI is InChI=1S/C10H18O3/c1-6(2)9-7(11)4-10(3,13)5-8(9)12/h7-8,11-13H,4-5H2,1-3H3. The largest absolute Gasteiger partial charge is 0.390 e. The van der Waals surface area contributed by atoms with E-state index in [0.29, 0.717) is 18.4 Å². The van der Waals surface area contributed by atoms with Crippen LogP contribution in [0.15, 0.2) is 11.1 Å². The molecule has 1 aliphatic rings. The van der Waals surface area contributed by atoms with Crippen molar-refractivity contribution >= 4 is 0 Å². The van der Waals surface area contributed by atoms with Gasteiger partial charge in [-0.3, -0.25) is 0 Å². The fourth-order valence-electron chi connectivity index (χ4n) is 2.02. The Morgan fingerprint density at radius 1 is 1.23 bits per heavy atom. The third-order valence-corrected chi connectivity index (χ3v) is 2.56. The summed E-state index contributed by atoms with van der Waals surface area (Å²) in [6, 6.07) is 0. The normalized spacial score (nSPS) is 40.6. The van der Waals surface area contributed by atoms with Crippen LogP contribution in [0.3, 0.4) is 0 Å². The van der Waals surface area contributed by atoms with Gasteiger partial charge in [0.15, 0.2) is 0 Å². The minimum Gasteiger partial charge on any atom is -0.390 e. The molecule has 13 heavy (non-hydrogen) atoms. The van der Waals surface area contributed by atoms with Gasteiger partial charge in [-0.25, -0.2) is 0 Å². The molecule has 0 spiro atoms. The molecule has 0 bridgehead atoms. The fraction of sp³-hybridized carbons (Fsp3) is 0.800. The quantitative estimate of drug-likeness (QED) is 0.485. The van der Waals surface area contributed by atoms with E-state index >= 15 is 0 Å². The van der Waals surface area contributed by atoms with Crippen molar-refractivity contribution in [2.45, 2.75) is 51.4 Å². The lowest BCUT2D eigenvalue weighted by molar-refractivity contribution is -0.0496. The first-order chi connectivity index (χ1) is 5.83. The lowest BCUT2D eigenvalue weighted by atomic mass is 9.78. The lowest BCUT2D eigenvalue weighted by Gasteiger charge is -2.37. The van der Waals surface area contributed by atoms with Crippen LogP contribution in [0.1, 0.15) is 33.6 Å². The summed E-state index contributed by atoms with van der Waals surface area (Å²) < 4.78 is 0. The molecule has 0 aromatic rings. The molecule has 3 N–H and O–H groups in total. The van der Waals surface area contributed by atoms with E-state index in [4.69, 9.17) is 0 Å². The highest BCUT2D eigenvalue weighted by Gasteiger charge is 2.37. The van der Waals surface area contributed by atoms with E-state index in [0.717, 1.165) is 5.57 Å². The Morgan fingerprint density at radius 3 is 1.92 bits per heavy atom. The van der Waals surface area contributed by atoms with Gasteiger partial charge in [0.05, 0.1) is 17.8 Å². The molecule has 1 rings (SSSR count). The topological polar surface area (TPSA) is 60.7 Å². The van der Waals surface area contributed by atoms with Gasteiger partial charge in [0.2, 0.25) is 0 Å². The second-order valence-electron chi connectivity index (χ2n) is 4.39. The summed E-state index contributed by atoms with van der Waals surface area (Å²) in [6.45, 7) is 5.37. The van der Waals surface area contributed by atoms with E-state index < -0.39 is 17.8 Å². The van der Waals surface area contributed by atoms with Crippen LogP contribution < -0.4 is 0 Å². The summed E-state index contributed by atoms with van der Waals surface area (Å²) in [7, 11) is 0. The van der Waals surface area contributed by atoms with Crippen LogP contribution in [0.5, 0.6) is 0 Å². The second kappa shape index (κ2) is 3.40. The van der Waals surface area contributed by atoms with Gasteiger partial charge < -0.3 is 15.3 Å². The van der Waals surface area contributed by atoms with E-state index in [2.05, 4.69) is 0 Å². The zero-order valence-corrected chi connectivity index (χ0v) is 8.41. The number of aliphatic hydroxyl groups is 3. The van der Waals surface area contributed by atoms with Crippen LogP contribution in [0, 0.1) is 0 Å². The molecule has 0 heterocycles. The zero-order chi connectivity index (χ0) is 10.2. The van der Waals surface area contributed by atoms with Crippen molar-refractivity contribution in [1.29, 1.82) is 0 Å². The molecule has 3 heteroatoms. The first-order valence-corrected chi connectivity index (χ1v) is 4.59. The molecular weight excluding hydrogens is 168 g/mol. The summed E-state index contributed by atoms with van der Waals surface area (Å²) in [5.41, 5.74) is 0.666. The Hall–Kier alpha value is -0.380. The minimum atomic E-state index is -0.947. The van der Waals surface area contributed by atoms with Crippen LogP contribution in [-0.4, -0.2) is 33.1 Å². The molecule has 2 atom stereocenters. The molecule has 76 valence electrons. The Balaban J connectivity index is 2.89. The molecule has 0 aliphatic heterocycles. The zero-order valence-electron chi connectivity index (χ0n) is 8.41. The maximum atomic E-state index is 9.67. The summed E-state index contributed by atoms with van der Waals surface area (Å²) >= 11 is 0. The predicted octanol–water partition coefficient (Wildman–Crippen LogP) is 0.589. The van der Waals surface area contributed by atoms with Crippen LogP contribution in [0.2, 0.25) is 0 Å². The van der Waals surface area contributed by atoms with E-state index in [9.17, 15) is 15.3 Å². The van der Waals surface area contributed by atoms with E-state index in [-0.39, 0.29) is 0 Å². The molecule has 0 aromatic carbocycles. The minimum absolute atomic E-state index is 0.310. The number of hydrogen-bond donors (Lipinski definition) is 3. The van der Waals surface area contributed by atoms with Crippen molar-refractivity contribution in [2.24, 2.45) is 0 Å². The molecule has 3 nitrogen and oxygen atoms in total. The molecule has 2 unspecified atom stereocenters. The molecule has 1 saturated carbocycles. The van der Waals surface area contributed by atoms with Gasteiger partial charge in [0.1, 0.15) is 0 Å². The first kappa shape index (κ1) is 10.7. The Kier molecular flexibility index (Phi) is 2.80. The third-order valence-electron chi connectivity index (χ3n) is 2.56. The molecule has 0 radical (unpaired) electrons. The van der Waals surface area contributed by atoms with Crippen molar-refractivity contribution < 1.29 is 15.3 Å². The molecule has 0 amide bonds. The highest BCUT2D eigenvalue weighted by molar-refractivity contribution is 5.23.